The van der Waals surface area contributed by atoms with Crippen LogP contribution in [0, 0.1) is 6.92 Å². The Morgan fingerprint density at radius 1 is 1.12 bits per heavy atom. The summed E-state index contributed by atoms with van der Waals surface area (Å²) in [5.41, 5.74) is 3.97. The lowest BCUT2D eigenvalue weighted by molar-refractivity contribution is 0.0148. The number of hydrogen-bond acceptors (Lipinski definition) is 6. The molecule has 0 fully saturated rings. The Labute approximate surface area is 196 Å². The molecule has 0 amide bonds. The Morgan fingerprint density at radius 3 is 2.61 bits per heavy atom. The van der Waals surface area contributed by atoms with Crippen molar-refractivity contribution in [2.75, 3.05) is 40.0 Å². The Balaban J connectivity index is 1.96. The molecule has 0 radical (unpaired) electrons. The van der Waals surface area contributed by atoms with Gasteiger partial charge in [-0.2, -0.15) is 5.10 Å². The third-order valence-electron chi connectivity index (χ3n) is 5.32. The molecule has 0 saturated carbocycles. The number of benzene rings is 2. The van der Waals surface area contributed by atoms with E-state index >= 15 is 0 Å². The van der Waals surface area contributed by atoms with Crippen LogP contribution in [0.25, 0.3) is 11.3 Å². The minimum Gasteiger partial charge on any atom is -0.439 e. The van der Waals surface area contributed by atoms with Gasteiger partial charge in [0.25, 0.3) is 0 Å². The average molecular weight is 454 g/mol. The van der Waals surface area contributed by atoms with Crippen LogP contribution < -0.4 is 4.74 Å². The van der Waals surface area contributed by atoms with E-state index in [0.29, 0.717) is 45.3 Å². The van der Waals surface area contributed by atoms with Gasteiger partial charge in [0.2, 0.25) is 5.88 Å². The molecule has 178 valence electrons. The first-order valence-corrected chi connectivity index (χ1v) is 11.3. The van der Waals surface area contributed by atoms with Gasteiger partial charge >= 0.3 is 0 Å². The Bertz CT molecular complexity index is 990. The van der Waals surface area contributed by atoms with Crippen molar-refractivity contribution in [1.82, 2.24) is 14.7 Å². The smallest absolute Gasteiger partial charge is 0.222 e. The van der Waals surface area contributed by atoms with Crippen LogP contribution in [0.15, 0.2) is 54.6 Å². The van der Waals surface area contributed by atoms with Crippen LogP contribution in [-0.4, -0.2) is 65.9 Å². The summed E-state index contributed by atoms with van der Waals surface area (Å²) in [5, 5.41) is 15.3. The number of hydrogen-bond donors (Lipinski definition) is 1. The van der Waals surface area contributed by atoms with E-state index in [1.807, 2.05) is 75.5 Å². The second-order valence-electron chi connectivity index (χ2n) is 8.08. The lowest BCUT2D eigenvalue weighted by Crippen LogP contribution is -2.36. The summed E-state index contributed by atoms with van der Waals surface area (Å²) < 4.78 is 18.9. The van der Waals surface area contributed by atoms with Crippen molar-refractivity contribution in [1.29, 1.82) is 0 Å². The molecule has 0 aliphatic rings. The summed E-state index contributed by atoms with van der Waals surface area (Å²) in [6.07, 6.45) is -0.597. The molecule has 7 nitrogen and oxygen atoms in total. The van der Waals surface area contributed by atoms with Crippen molar-refractivity contribution in [2.24, 2.45) is 7.05 Å². The summed E-state index contributed by atoms with van der Waals surface area (Å²) in [6.45, 7) is 7.05. The highest BCUT2D eigenvalue weighted by atomic mass is 16.5. The maximum atomic E-state index is 10.5. The van der Waals surface area contributed by atoms with Crippen molar-refractivity contribution in [3.8, 4) is 22.9 Å². The second-order valence-corrected chi connectivity index (χ2v) is 8.08. The first-order valence-electron chi connectivity index (χ1n) is 11.3. The molecule has 1 N–H and O–H groups in total. The molecule has 3 aromatic rings. The van der Waals surface area contributed by atoms with Crippen LogP contribution in [0.5, 0.6) is 11.6 Å². The van der Waals surface area contributed by atoms with Gasteiger partial charge in [-0.15, -0.1) is 0 Å². The van der Waals surface area contributed by atoms with E-state index in [-0.39, 0.29) is 0 Å². The van der Waals surface area contributed by atoms with Gasteiger partial charge in [0.15, 0.2) is 0 Å². The molecule has 0 aliphatic carbocycles. The van der Waals surface area contributed by atoms with Crippen molar-refractivity contribution in [2.45, 2.75) is 26.5 Å². The first kappa shape index (κ1) is 24.9. The number of nitrogens with zero attached hydrogens (tertiary/aromatic N) is 3. The predicted octanol–water partition coefficient (Wildman–Crippen LogP) is 4.03. The number of aromatic nitrogens is 2. The van der Waals surface area contributed by atoms with Crippen molar-refractivity contribution >= 4 is 0 Å². The highest BCUT2D eigenvalue weighted by Gasteiger charge is 2.23. The fraction of sp³-hybridized carbons (Fsp3) is 0.423. The Hall–Kier alpha value is -2.71. The van der Waals surface area contributed by atoms with Crippen LogP contribution in [0.4, 0.5) is 0 Å². The van der Waals surface area contributed by atoms with Crippen LogP contribution in [0.1, 0.15) is 18.1 Å². The number of ether oxygens (including phenoxy) is 3. The zero-order valence-corrected chi connectivity index (χ0v) is 20.0. The van der Waals surface area contributed by atoms with Crippen molar-refractivity contribution in [3.63, 3.8) is 0 Å². The summed E-state index contributed by atoms with van der Waals surface area (Å²) in [7, 11) is 3.57. The third kappa shape index (κ3) is 7.14. The van der Waals surface area contributed by atoms with Crippen molar-refractivity contribution < 1.29 is 19.3 Å². The number of aliphatic hydroxyl groups excluding tert-OH is 1. The maximum absolute atomic E-state index is 10.5. The standard InChI is InChI=1S/C26H35N3O4/c1-5-32-19-22(30)17-29(14-15-31-4)18-24-25(21-11-7-6-8-12-21)27-28(3)26(24)33-23-13-9-10-20(2)16-23/h6-13,16,22,30H,5,14-15,17-19H2,1-4H3/t22-/m1/s1. The van der Waals surface area contributed by atoms with Gasteiger partial charge in [-0.3, -0.25) is 4.90 Å². The summed E-state index contributed by atoms with van der Waals surface area (Å²) >= 11 is 0. The molecule has 0 saturated heterocycles. The Morgan fingerprint density at radius 2 is 1.91 bits per heavy atom. The minimum atomic E-state index is -0.597. The van der Waals surface area contributed by atoms with E-state index in [9.17, 15) is 5.11 Å². The molecule has 3 rings (SSSR count). The fourth-order valence-corrected chi connectivity index (χ4v) is 3.72. The molecule has 0 spiro atoms. The number of methoxy groups -OCH3 is 1. The van der Waals surface area contributed by atoms with Crippen LogP contribution in [0.2, 0.25) is 0 Å². The first-order chi connectivity index (χ1) is 16.0. The summed E-state index contributed by atoms with van der Waals surface area (Å²) in [4.78, 5) is 2.15. The van der Waals surface area contributed by atoms with E-state index in [1.165, 1.54) is 0 Å². The largest absolute Gasteiger partial charge is 0.439 e. The SMILES string of the molecule is CCOC[C@H](O)CN(CCOC)Cc1c(-c2ccccc2)nn(C)c1Oc1cccc(C)c1. The topological polar surface area (TPSA) is 69.0 Å². The zero-order valence-electron chi connectivity index (χ0n) is 20.0. The van der Waals surface area contributed by atoms with Gasteiger partial charge < -0.3 is 19.3 Å². The highest BCUT2D eigenvalue weighted by molar-refractivity contribution is 5.65. The molecule has 7 heteroatoms. The quantitative estimate of drug-likeness (QED) is 0.421. The Kier molecular flexibility index (Phi) is 9.45. The maximum Gasteiger partial charge on any atom is 0.222 e. The third-order valence-corrected chi connectivity index (χ3v) is 5.32. The van der Waals surface area contributed by atoms with Gasteiger partial charge in [0, 0.05) is 46.0 Å². The van der Waals surface area contributed by atoms with E-state index < -0.39 is 6.10 Å². The molecule has 33 heavy (non-hydrogen) atoms. The summed E-state index contributed by atoms with van der Waals surface area (Å²) in [6, 6.07) is 18.1. The van der Waals surface area contributed by atoms with E-state index in [0.717, 1.165) is 28.1 Å². The molecular weight excluding hydrogens is 418 g/mol. The molecule has 0 unspecified atom stereocenters. The van der Waals surface area contributed by atoms with E-state index in [2.05, 4.69) is 4.90 Å². The number of aryl methyl sites for hydroxylation is 2. The van der Waals surface area contributed by atoms with Crippen molar-refractivity contribution in [3.05, 3.63) is 65.7 Å². The van der Waals surface area contributed by atoms with Gasteiger partial charge in [0.05, 0.1) is 24.9 Å². The number of aliphatic hydroxyl groups is 1. The van der Waals surface area contributed by atoms with Gasteiger partial charge in [-0.05, 0) is 31.5 Å². The van der Waals surface area contributed by atoms with Crippen LogP contribution in [0.3, 0.4) is 0 Å². The molecule has 2 aromatic carbocycles. The minimum absolute atomic E-state index is 0.297. The highest BCUT2D eigenvalue weighted by Crippen LogP contribution is 2.34. The number of rotatable bonds is 13. The fourth-order valence-electron chi connectivity index (χ4n) is 3.72. The van der Waals surface area contributed by atoms with Gasteiger partial charge in [-0.25, -0.2) is 4.68 Å². The van der Waals surface area contributed by atoms with Gasteiger partial charge in [0.1, 0.15) is 11.4 Å². The summed E-state index contributed by atoms with van der Waals surface area (Å²) in [5.74, 6) is 1.44. The molecule has 1 heterocycles. The van der Waals surface area contributed by atoms with Crippen LogP contribution >= 0.6 is 0 Å². The molecule has 0 aliphatic heterocycles. The normalized spacial score (nSPS) is 12.3. The lowest BCUT2D eigenvalue weighted by atomic mass is 10.1. The second kappa shape index (κ2) is 12.5. The molecule has 1 atom stereocenters. The lowest BCUT2D eigenvalue weighted by Gasteiger charge is -2.25. The molecular formula is C26H35N3O4. The average Bonchev–Trinajstić information content (AvgIpc) is 3.11. The monoisotopic (exact) mass is 453 g/mol. The zero-order chi connectivity index (χ0) is 23.6. The molecule has 1 aromatic heterocycles. The predicted molar refractivity (Wildman–Crippen MR) is 130 cm³/mol. The van der Waals surface area contributed by atoms with Gasteiger partial charge in [-0.1, -0.05) is 42.5 Å². The van der Waals surface area contributed by atoms with Crippen LogP contribution in [-0.2, 0) is 23.1 Å². The molecule has 0 bridgehead atoms. The van der Waals surface area contributed by atoms with E-state index in [1.54, 1.807) is 11.8 Å². The van der Waals surface area contributed by atoms with E-state index in [4.69, 9.17) is 19.3 Å².